The summed E-state index contributed by atoms with van der Waals surface area (Å²) in [5, 5.41) is 8.91. The van der Waals surface area contributed by atoms with Crippen LogP contribution in [0.25, 0.3) is 0 Å². The quantitative estimate of drug-likeness (QED) is 0.443. The summed E-state index contributed by atoms with van der Waals surface area (Å²) in [7, 11) is 1.59. The van der Waals surface area contributed by atoms with Gasteiger partial charge in [0, 0.05) is 32.2 Å². The zero-order valence-electron chi connectivity index (χ0n) is 16.7. The van der Waals surface area contributed by atoms with Gasteiger partial charge in [-0.2, -0.15) is 13.2 Å². The Morgan fingerprint density at radius 1 is 1.28 bits per heavy atom. The molecule has 1 aliphatic heterocycles. The minimum atomic E-state index is -4.20. The summed E-state index contributed by atoms with van der Waals surface area (Å²) >= 11 is 0. The fourth-order valence-electron chi connectivity index (χ4n) is 3.01. The summed E-state index contributed by atoms with van der Waals surface area (Å²) in [6.45, 7) is 2.50. The van der Waals surface area contributed by atoms with Crippen molar-refractivity contribution < 1.29 is 22.7 Å². The largest absolute Gasteiger partial charge is 0.497 e. The molecule has 0 aliphatic carbocycles. The molecule has 3 N–H and O–H groups in total. The molecular formula is C19H28F3N5O2. The molecule has 1 atom stereocenters. The smallest absolute Gasteiger partial charge is 0.401 e. The number of alkyl halides is 3. The Balaban J connectivity index is 1.79. The molecule has 0 bridgehead atoms. The van der Waals surface area contributed by atoms with E-state index in [1.165, 1.54) is 4.90 Å². The molecule has 162 valence electrons. The van der Waals surface area contributed by atoms with Crippen LogP contribution in [0.15, 0.2) is 29.3 Å². The number of hydrogen-bond donors (Lipinski definition) is 3. The summed E-state index contributed by atoms with van der Waals surface area (Å²) in [4.78, 5) is 17.7. The van der Waals surface area contributed by atoms with Gasteiger partial charge in [0.15, 0.2) is 5.96 Å². The van der Waals surface area contributed by atoms with Gasteiger partial charge < -0.3 is 20.7 Å². The fraction of sp³-hybridized carbons (Fsp3) is 0.579. The van der Waals surface area contributed by atoms with E-state index in [-0.39, 0.29) is 25.0 Å². The number of benzene rings is 1. The highest BCUT2D eigenvalue weighted by atomic mass is 19.4. The van der Waals surface area contributed by atoms with Crippen molar-refractivity contribution in [2.75, 3.05) is 39.8 Å². The molecule has 29 heavy (non-hydrogen) atoms. The molecule has 0 saturated carbocycles. The first-order valence-electron chi connectivity index (χ1n) is 9.52. The van der Waals surface area contributed by atoms with Crippen LogP contribution in [0.1, 0.15) is 18.9 Å². The Kier molecular flexibility index (Phi) is 8.56. The maximum atomic E-state index is 12.5. The van der Waals surface area contributed by atoms with Crippen molar-refractivity contribution in [1.29, 1.82) is 0 Å². The number of nitrogens with zero attached hydrogens (tertiary/aromatic N) is 2. The van der Waals surface area contributed by atoms with Gasteiger partial charge in [-0.3, -0.25) is 9.69 Å². The Morgan fingerprint density at radius 3 is 2.62 bits per heavy atom. The summed E-state index contributed by atoms with van der Waals surface area (Å²) < 4.78 is 42.6. The third-order valence-electron chi connectivity index (χ3n) is 4.39. The van der Waals surface area contributed by atoms with E-state index in [0.717, 1.165) is 11.3 Å². The van der Waals surface area contributed by atoms with Gasteiger partial charge in [-0.15, -0.1) is 0 Å². The number of methoxy groups -OCH3 is 1. The van der Waals surface area contributed by atoms with Gasteiger partial charge in [0.1, 0.15) is 12.3 Å². The van der Waals surface area contributed by atoms with Crippen molar-refractivity contribution in [2.24, 2.45) is 4.99 Å². The highest BCUT2D eigenvalue weighted by molar-refractivity contribution is 5.85. The van der Waals surface area contributed by atoms with E-state index in [2.05, 4.69) is 20.9 Å². The van der Waals surface area contributed by atoms with Crippen molar-refractivity contribution in [3.8, 4) is 5.75 Å². The lowest BCUT2D eigenvalue weighted by molar-refractivity contribution is -0.143. The van der Waals surface area contributed by atoms with Crippen LogP contribution in [0.4, 0.5) is 13.2 Å². The third kappa shape index (κ3) is 8.59. The number of rotatable bonds is 8. The lowest BCUT2D eigenvalue weighted by atomic mass is 10.2. The molecule has 1 unspecified atom stereocenters. The monoisotopic (exact) mass is 415 g/mol. The summed E-state index contributed by atoms with van der Waals surface area (Å²) in [5.74, 6) is 0.917. The molecule has 1 amide bonds. The Morgan fingerprint density at radius 2 is 2.00 bits per heavy atom. The second-order valence-corrected chi connectivity index (χ2v) is 6.80. The fourth-order valence-corrected chi connectivity index (χ4v) is 3.01. The minimum absolute atomic E-state index is 0.0789. The number of carbonyl (C=O) groups excluding carboxylic acids is 1. The summed E-state index contributed by atoms with van der Waals surface area (Å²) in [5.41, 5.74) is 0.934. The van der Waals surface area contributed by atoms with E-state index in [1.807, 2.05) is 31.2 Å². The summed E-state index contributed by atoms with van der Waals surface area (Å²) in [6.07, 6.45) is -3.61. The molecule has 1 aromatic carbocycles. The first kappa shape index (κ1) is 22.8. The number of carbonyl (C=O) groups is 1. The summed E-state index contributed by atoms with van der Waals surface area (Å²) in [6, 6.07) is 7.21. The highest BCUT2D eigenvalue weighted by Gasteiger charge is 2.34. The van der Waals surface area contributed by atoms with E-state index in [9.17, 15) is 18.0 Å². The van der Waals surface area contributed by atoms with Gasteiger partial charge in [-0.1, -0.05) is 12.1 Å². The Bertz CT molecular complexity index is 679. The Labute approximate surface area is 168 Å². The third-order valence-corrected chi connectivity index (χ3v) is 4.39. The first-order valence-corrected chi connectivity index (χ1v) is 9.52. The average molecular weight is 415 g/mol. The van der Waals surface area contributed by atoms with Crippen LogP contribution in [0.5, 0.6) is 5.75 Å². The van der Waals surface area contributed by atoms with Crippen LogP contribution in [0, 0.1) is 0 Å². The van der Waals surface area contributed by atoms with Gasteiger partial charge in [0.2, 0.25) is 5.91 Å². The van der Waals surface area contributed by atoms with Crippen LogP contribution in [-0.4, -0.2) is 68.8 Å². The minimum Gasteiger partial charge on any atom is -0.497 e. The van der Waals surface area contributed by atoms with Crippen LogP contribution >= 0.6 is 0 Å². The molecule has 0 radical (unpaired) electrons. The van der Waals surface area contributed by atoms with Crippen molar-refractivity contribution in [3.63, 3.8) is 0 Å². The zero-order valence-corrected chi connectivity index (χ0v) is 16.7. The zero-order chi connectivity index (χ0) is 21.3. The number of likely N-dealkylation sites (tertiary alicyclic amines) is 1. The van der Waals surface area contributed by atoms with Crippen LogP contribution < -0.4 is 20.7 Å². The van der Waals surface area contributed by atoms with Crippen molar-refractivity contribution in [2.45, 2.75) is 32.1 Å². The SMILES string of the molecule is CCNC(=NCC(=O)NCc1ccc(OC)cc1)NC1CCN(CC(F)(F)F)C1. The maximum absolute atomic E-state index is 12.5. The number of ether oxygens (including phenoxy) is 1. The molecule has 0 spiro atoms. The van der Waals surface area contributed by atoms with Gasteiger partial charge in [0.05, 0.1) is 13.7 Å². The number of hydrogen-bond acceptors (Lipinski definition) is 4. The molecule has 1 heterocycles. The second-order valence-electron chi connectivity index (χ2n) is 6.80. The number of amides is 1. The highest BCUT2D eigenvalue weighted by Crippen LogP contribution is 2.19. The van der Waals surface area contributed by atoms with Gasteiger partial charge in [-0.25, -0.2) is 4.99 Å². The van der Waals surface area contributed by atoms with Crippen molar-refractivity contribution in [3.05, 3.63) is 29.8 Å². The predicted molar refractivity (Wildman–Crippen MR) is 105 cm³/mol. The Hall–Kier alpha value is -2.49. The first-order chi connectivity index (χ1) is 13.8. The van der Waals surface area contributed by atoms with E-state index >= 15 is 0 Å². The van der Waals surface area contributed by atoms with Crippen LogP contribution in [-0.2, 0) is 11.3 Å². The topological polar surface area (TPSA) is 78.0 Å². The van der Waals surface area contributed by atoms with Crippen molar-refractivity contribution >= 4 is 11.9 Å². The number of halogens is 3. The van der Waals surface area contributed by atoms with E-state index in [1.54, 1.807) is 7.11 Å². The lowest BCUT2D eigenvalue weighted by Crippen LogP contribution is -2.45. The standard InChI is InChI=1S/C19H28F3N5O2/c1-3-23-18(26-15-8-9-27(12-15)13-19(20,21)22)25-11-17(28)24-10-14-4-6-16(29-2)7-5-14/h4-7,15H,3,8-13H2,1-2H3,(H,24,28)(H2,23,25,26). The van der Waals surface area contributed by atoms with E-state index in [0.29, 0.717) is 32.0 Å². The van der Waals surface area contributed by atoms with Gasteiger partial charge in [0.25, 0.3) is 0 Å². The molecular weight excluding hydrogens is 387 g/mol. The van der Waals surface area contributed by atoms with Gasteiger partial charge in [-0.05, 0) is 31.0 Å². The number of guanidine groups is 1. The lowest BCUT2D eigenvalue weighted by Gasteiger charge is -2.19. The normalized spacial score (nSPS) is 17.8. The molecule has 7 nitrogen and oxygen atoms in total. The molecule has 1 aromatic rings. The molecule has 10 heteroatoms. The maximum Gasteiger partial charge on any atom is 0.401 e. The van der Waals surface area contributed by atoms with E-state index < -0.39 is 12.7 Å². The predicted octanol–water partition coefficient (Wildman–Crippen LogP) is 1.50. The molecule has 1 aliphatic rings. The average Bonchev–Trinajstić information content (AvgIpc) is 3.10. The molecule has 2 rings (SSSR count). The molecule has 1 fully saturated rings. The number of nitrogens with one attached hydrogen (secondary N) is 3. The molecule has 0 aromatic heterocycles. The van der Waals surface area contributed by atoms with Crippen LogP contribution in [0.2, 0.25) is 0 Å². The van der Waals surface area contributed by atoms with Crippen LogP contribution in [0.3, 0.4) is 0 Å². The van der Waals surface area contributed by atoms with Crippen molar-refractivity contribution in [1.82, 2.24) is 20.9 Å². The van der Waals surface area contributed by atoms with Gasteiger partial charge >= 0.3 is 6.18 Å². The number of aliphatic imine (C=N–C) groups is 1. The van der Waals surface area contributed by atoms with E-state index in [4.69, 9.17) is 4.74 Å². The second kappa shape index (κ2) is 10.9. The molecule has 1 saturated heterocycles.